The summed E-state index contributed by atoms with van der Waals surface area (Å²) in [6.45, 7) is -0.536. The summed E-state index contributed by atoms with van der Waals surface area (Å²) in [5, 5.41) is 16.3. The number of thiocarbonyl (C=S) groups is 1. The summed E-state index contributed by atoms with van der Waals surface area (Å²) < 4.78 is 4.42. The van der Waals surface area contributed by atoms with E-state index in [0.717, 1.165) is 11.8 Å². The Hall–Kier alpha value is -0.820. The highest BCUT2D eigenvalue weighted by molar-refractivity contribution is 8.23. The quantitative estimate of drug-likeness (QED) is 0.641. The van der Waals surface area contributed by atoms with E-state index in [1.165, 1.54) is 0 Å². The van der Waals surface area contributed by atoms with Gasteiger partial charge in [0.05, 0.1) is 5.75 Å². The summed E-state index contributed by atoms with van der Waals surface area (Å²) >= 11 is 5.28. The third-order valence-corrected chi connectivity index (χ3v) is 1.84. The van der Waals surface area contributed by atoms with Crippen LogP contribution in [-0.2, 0) is 14.3 Å². The predicted molar refractivity (Wildman–Crippen MR) is 46.3 cm³/mol. The molecule has 0 rings (SSSR count). The molecule has 0 aromatic heterocycles. The summed E-state index contributed by atoms with van der Waals surface area (Å²) in [7, 11) is 0. The van der Waals surface area contributed by atoms with Crippen molar-refractivity contribution in [3.63, 3.8) is 0 Å². The van der Waals surface area contributed by atoms with Gasteiger partial charge >= 0.3 is 11.9 Å². The van der Waals surface area contributed by atoms with Crippen molar-refractivity contribution in [1.29, 1.82) is 0 Å². The van der Waals surface area contributed by atoms with Gasteiger partial charge < -0.3 is 14.9 Å². The first-order chi connectivity index (χ1) is 5.52. The Labute approximate surface area is 77.7 Å². The highest BCUT2D eigenvalue weighted by atomic mass is 32.2. The maximum atomic E-state index is 9.99. The SMILES string of the molecule is O=C(O)COC(=S)SCC(=O)O. The summed E-state index contributed by atoms with van der Waals surface area (Å²) in [6.07, 6.45) is 0. The van der Waals surface area contributed by atoms with Crippen LogP contribution in [0.25, 0.3) is 0 Å². The highest BCUT2D eigenvalue weighted by Crippen LogP contribution is 2.04. The number of carboxylic acid groups (broad SMARTS) is 2. The van der Waals surface area contributed by atoms with E-state index < -0.39 is 18.5 Å². The number of carbonyl (C=O) groups is 2. The van der Waals surface area contributed by atoms with Crippen LogP contribution in [0.4, 0.5) is 0 Å². The zero-order chi connectivity index (χ0) is 9.56. The zero-order valence-corrected chi connectivity index (χ0v) is 7.48. The van der Waals surface area contributed by atoms with Crippen LogP contribution in [0.5, 0.6) is 0 Å². The lowest BCUT2D eigenvalue weighted by molar-refractivity contribution is -0.139. The number of aliphatic carboxylic acids is 2. The molecular weight excluding hydrogens is 204 g/mol. The molecule has 0 saturated heterocycles. The predicted octanol–water partition coefficient (Wildman–Crippen LogP) is 0.190. The molecule has 0 saturated carbocycles. The van der Waals surface area contributed by atoms with E-state index in [2.05, 4.69) is 17.0 Å². The topological polar surface area (TPSA) is 83.8 Å². The van der Waals surface area contributed by atoms with Gasteiger partial charge in [-0.05, 0) is 12.2 Å². The third kappa shape index (κ3) is 7.29. The Balaban J connectivity index is 3.47. The second kappa shape index (κ2) is 5.78. The minimum absolute atomic E-state index is 0.0696. The lowest BCUT2D eigenvalue weighted by atomic mass is 10.8. The standard InChI is InChI=1S/C5H6O5S2/c6-3(7)1-10-5(11)12-2-4(8)9/h1-2H2,(H,6,7)(H,8,9). The molecule has 0 bridgehead atoms. The van der Waals surface area contributed by atoms with Crippen molar-refractivity contribution in [2.24, 2.45) is 0 Å². The molecule has 0 aliphatic rings. The first-order valence-corrected chi connectivity index (χ1v) is 4.15. The Morgan fingerprint density at radius 2 is 1.92 bits per heavy atom. The fourth-order valence-electron chi connectivity index (χ4n) is 0.283. The van der Waals surface area contributed by atoms with Crippen LogP contribution in [0, 0.1) is 0 Å². The normalized spacial score (nSPS) is 9.00. The summed E-state index contributed by atoms with van der Waals surface area (Å²) in [5.74, 6) is -2.40. The van der Waals surface area contributed by atoms with Gasteiger partial charge in [0, 0.05) is 0 Å². The van der Waals surface area contributed by atoms with Gasteiger partial charge in [0.1, 0.15) is 0 Å². The molecule has 0 fully saturated rings. The minimum atomic E-state index is -1.15. The van der Waals surface area contributed by atoms with Crippen molar-refractivity contribution >= 4 is 40.3 Å². The van der Waals surface area contributed by atoms with Crippen LogP contribution in [-0.4, -0.2) is 38.9 Å². The molecule has 0 radical (unpaired) electrons. The lowest BCUT2D eigenvalue weighted by Gasteiger charge is -2.01. The summed E-state index contributed by atoms with van der Waals surface area (Å²) in [5.41, 5.74) is 0. The average Bonchev–Trinajstić information content (AvgIpc) is 1.96. The minimum Gasteiger partial charge on any atom is -0.481 e. The Morgan fingerprint density at radius 3 is 2.33 bits per heavy atom. The van der Waals surface area contributed by atoms with Gasteiger partial charge in [-0.25, -0.2) is 4.79 Å². The van der Waals surface area contributed by atoms with E-state index >= 15 is 0 Å². The van der Waals surface area contributed by atoms with Gasteiger partial charge in [0.25, 0.3) is 0 Å². The van der Waals surface area contributed by atoms with Gasteiger partial charge in [-0.1, -0.05) is 11.8 Å². The molecule has 7 heteroatoms. The molecule has 12 heavy (non-hydrogen) atoms. The van der Waals surface area contributed by atoms with Crippen molar-refractivity contribution in [3.05, 3.63) is 0 Å². The van der Waals surface area contributed by atoms with E-state index in [1.54, 1.807) is 0 Å². The fourth-order valence-corrected chi connectivity index (χ4v) is 0.902. The largest absolute Gasteiger partial charge is 0.481 e. The van der Waals surface area contributed by atoms with Crippen molar-refractivity contribution in [2.45, 2.75) is 0 Å². The maximum absolute atomic E-state index is 9.99. The molecule has 68 valence electrons. The van der Waals surface area contributed by atoms with Crippen LogP contribution in [0.1, 0.15) is 0 Å². The molecule has 0 unspecified atom stereocenters. The molecule has 5 nitrogen and oxygen atoms in total. The van der Waals surface area contributed by atoms with Crippen LogP contribution >= 0.6 is 24.0 Å². The molecule has 0 aliphatic carbocycles. The number of ether oxygens (including phenoxy) is 1. The van der Waals surface area contributed by atoms with Gasteiger partial charge in [0.2, 0.25) is 4.38 Å². The molecule has 0 aliphatic heterocycles. The molecule has 2 N–H and O–H groups in total. The molecule has 0 aromatic carbocycles. The Morgan fingerprint density at radius 1 is 1.33 bits per heavy atom. The van der Waals surface area contributed by atoms with E-state index in [0.29, 0.717) is 0 Å². The zero-order valence-electron chi connectivity index (χ0n) is 5.85. The first kappa shape index (κ1) is 11.2. The van der Waals surface area contributed by atoms with Gasteiger partial charge in [0.15, 0.2) is 6.61 Å². The number of hydrogen-bond donors (Lipinski definition) is 2. The van der Waals surface area contributed by atoms with Crippen LogP contribution in [0.15, 0.2) is 0 Å². The number of hydrogen-bond acceptors (Lipinski definition) is 5. The molecular formula is C5H6O5S2. The van der Waals surface area contributed by atoms with Crippen molar-refractivity contribution < 1.29 is 24.5 Å². The number of rotatable bonds is 4. The second-order valence-electron chi connectivity index (χ2n) is 1.61. The van der Waals surface area contributed by atoms with Gasteiger partial charge in [-0.15, -0.1) is 0 Å². The molecule has 0 aromatic rings. The van der Waals surface area contributed by atoms with Crippen LogP contribution in [0.2, 0.25) is 0 Å². The second-order valence-corrected chi connectivity index (χ2v) is 3.19. The Kier molecular flexibility index (Phi) is 5.39. The van der Waals surface area contributed by atoms with Crippen LogP contribution < -0.4 is 0 Å². The highest BCUT2D eigenvalue weighted by Gasteiger charge is 2.05. The van der Waals surface area contributed by atoms with E-state index in [1.807, 2.05) is 0 Å². The van der Waals surface area contributed by atoms with Gasteiger partial charge in [-0.3, -0.25) is 4.79 Å². The fraction of sp³-hybridized carbons (Fsp3) is 0.400. The smallest absolute Gasteiger partial charge is 0.341 e. The monoisotopic (exact) mass is 210 g/mol. The van der Waals surface area contributed by atoms with E-state index in [-0.39, 0.29) is 10.1 Å². The van der Waals surface area contributed by atoms with Crippen molar-refractivity contribution in [2.75, 3.05) is 12.4 Å². The molecule has 0 spiro atoms. The molecule has 0 heterocycles. The Bertz CT molecular complexity index is 182. The molecule has 0 atom stereocenters. The van der Waals surface area contributed by atoms with E-state index in [4.69, 9.17) is 10.2 Å². The third-order valence-electron chi connectivity index (χ3n) is 0.627. The first-order valence-electron chi connectivity index (χ1n) is 2.75. The molecule has 0 amide bonds. The van der Waals surface area contributed by atoms with Gasteiger partial charge in [-0.2, -0.15) is 0 Å². The van der Waals surface area contributed by atoms with Crippen LogP contribution in [0.3, 0.4) is 0 Å². The van der Waals surface area contributed by atoms with E-state index in [9.17, 15) is 9.59 Å². The summed E-state index contributed by atoms with van der Waals surface area (Å²) in [6, 6.07) is 0. The average molecular weight is 210 g/mol. The number of thioether (sulfide) groups is 1. The maximum Gasteiger partial charge on any atom is 0.341 e. The lowest BCUT2D eigenvalue weighted by Crippen LogP contribution is -2.10. The number of carboxylic acids is 2. The summed E-state index contributed by atoms with van der Waals surface area (Å²) in [4.78, 5) is 19.9. The van der Waals surface area contributed by atoms with Crippen molar-refractivity contribution in [3.8, 4) is 0 Å². The van der Waals surface area contributed by atoms with Crippen molar-refractivity contribution in [1.82, 2.24) is 0 Å².